The van der Waals surface area contributed by atoms with Crippen LogP contribution in [0.4, 0.5) is 5.69 Å². The molecule has 0 unspecified atom stereocenters. The number of methoxy groups -OCH3 is 2. The lowest BCUT2D eigenvalue weighted by molar-refractivity contribution is -0.144. The molecule has 2 aromatic rings. The topological polar surface area (TPSA) is 123 Å². The van der Waals surface area contributed by atoms with Gasteiger partial charge >= 0.3 is 11.9 Å². The molecule has 1 fully saturated rings. The average molecular weight is 528 g/mol. The van der Waals surface area contributed by atoms with E-state index < -0.39 is 23.9 Å². The maximum absolute atomic E-state index is 12.6. The summed E-state index contributed by atoms with van der Waals surface area (Å²) < 4.78 is 9.75. The zero-order valence-electron chi connectivity index (χ0n) is 19.7. The van der Waals surface area contributed by atoms with Crippen LogP contribution in [-0.4, -0.2) is 48.3 Å². The molecule has 1 aliphatic heterocycles. The Labute approximate surface area is 218 Å². The fourth-order valence-electron chi connectivity index (χ4n) is 3.29. The van der Waals surface area contributed by atoms with Crippen molar-refractivity contribution in [1.82, 2.24) is 10.6 Å². The van der Waals surface area contributed by atoms with Gasteiger partial charge < -0.3 is 25.4 Å². The number of hydrogen-bond acceptors (Lipinski definition) is 9. The van der Waals surface area contributed by atoms with Crippen molar-refractivity contribution in [1.29, 1.82) is 0 Å². The van der Waals surface area contributed by atoms with Gasteiger partial charge in [-0.15, -0.1) is 0 Å². The van der Waals surface area contributed by atoms with Crippen molar-refractivity contribution in [2.24, 2.45) is 0 Å². The zero-order chi connectivity index (χ0) is 26.1. The summed E-state index contributed by atoms with van der Waals surface area (Å²) in [5.74, 6) is -1.78. The second kappa shape index (κ2) is 12.8. The first-order chi connectivity index (χ1) is 17.3. The van der Waals surface area contributed by atoms with Crippen LogP contribution in [0.25, 0.3) is 6.08 Å². The van der Waals surface area contributed by atoms with Crippen molar-refractivity contribution in [2.45, 2.75) is 25.4 Å². The third kappa shape index (κ3) is 7.65. The first kappa shape index (κ1) is 26.9. The summed E-state index contributed by atoms with van der Waals surface area (Å²) in [5, 5.41) is 8.51. The molecule has 2 aromatic carbocycles. The van der Waals surface area contributed by atoms with Gasteiger partial charge in [0.2, 0.25) is 0 Å². The lowest BCUT2D eigenvalue weighted by atomic mass is 10.1. The summed E-state index contributed by atoms with van der Waals surface area (Å²) in [4.78, 5) is 48.4. The average Bonchev–Trinajstić information content (AvgIpc) is 3.20. The molecule has 1 atom stereocenters. The Balaban J connectivity index is 1.58. The second-order valence-corrected chi connectivity index (χ2v) is 9.41. The third-order valence-corrected chi connectivity index (χ3v) is 6.36. The van der Waals surface area contributed by atoms with Gasteiger partial charge in [-0.2, -0.15) is 0 Å². The molecule has 0 bridgehead atoms. The molecule has 188 valence electrons. The summed E-state index contributed by atoms with van der Waals surface area (Å²) >= 11 is 6.25. The number of amides is 2. The van der Waals surface area contributed by atoms with Gasteiger partial charge in [-0.25, -0.2) is 4.79 Å². The van der Waals surface area contributed by atoms with Crippen LogP contribution in [0, 0.1) is 0 Å². The van der Waals surface area contributed by atoms with Gasteiger partial charge in [0.05, 0.1) is 19.1 Å². The lowest BCUT2D eigenvalue weighted by Gasteiger charge is -2.16. The van der Waals surface area contributed by atoms with Gasteiger partial charge in [-0.05, 0) is 47.9 Å². The lowest BCUT2D eigenvalue weighted by Crippen LogP contribution is -2.41. The predicted molar refractivity (Wildman–Crippen MR) is 141 cm³/mol. The molecule has 36 heavy (non-hydrogen) atoms. The Kier molecular flexibility index (Phi) is 9.60. The van der Waals surface area contributed by atoms with Crippen LogP contribution in [0.5, 0.6) is 0 Å². The summed E-state index contributed by atoms with van der Waals surface area (Å²) in [6.45, 7) is 0.505. The smallest absolute Gasteiger partial charge is 0.328 e. The largest absolute Gasteiger partial charge is 0.469 e. The molecule has 2 amide bonds. The summed E-state index contributed by atoms with van der Waals surface area (Å²) in [5.41, 5.74) is 3.02. The Hall–Kier alpha value is -3.70. The minimum Gasteiger partial charge on any atom is -0.469 e. The Bertz CT molecular complexity index is 1200. The molecule has 0 radical (unpaired) electrons. The molecular formula is C25H25N3O6S2. The molecule has 1 aliphatic rings. The van der Waals surface area contributed by atoms with Crippen molar-refractivity contribution in [3.8, 4) is 0 Å². The number of esters is 2. The fraction of sp³-hybridized carbons (Fsp3) is 0.240. The molecule has 1 heterocycles. The number of carbonyl (C=O) groups excluding carboxylic acids is 4. The van der Waals surface area contributed by atoms with Crippen molar-refractivity contribution >= 4 is 63.8 Å². The number of benzene rings is 2. The Morgan fingerprint density at radius 2 is 1.86 bits per heavy atom. The van der Waals surface area contributed by atoms with Crippen LogP contribution in [-0.2, 0) is 30.4 Å². The SMILES string of the molecule is COC(=O)CC[C@H](NC(=O)c1ccc(CNc2cccc(/C=C3\SC(=S)NC3=O)c2)cc1)C(=O)OC. The van der Waals surface area contributed by atoms with Crippen molar-refractivity contribution in [3.63, 3.8) is 0 Å². The summed E-state index contributed by atoms with van der Waals surface area (Å²) in [6, 6.07) is 13.6. The highest BCUT2D eigenvalue weighted by atomic mass is 32.2. The minimum atomic E-state index is -0.963. The van der Waals surface area contributed by atoms with Crippen molar-refractivity contribution in [2.75, 3.05) is 19.5 Å². The number of anilines is 1. The highest BCUT2D eigenvalue weighted by Crippen LogP contribution is 2.26. The van der Waals surface area contributed by atoms with E-state index in [0.717, 1.165) is 16.8 Å². The van der Waals surface area contributed by atoms with E-state index in [2.05, 4.69) is 20.7 Å². The molecule has 11 heteroatoms. The van der Waals surface area contributed by atoms with Crippen LogP contribution in [0.3, 0.4) is 0 Å². The van der Waals surface area contributed by atoms with Gasteiger partial charge in [0.15, 0.2) is 0 Å². The number of thiocarbonyl (C=S) groups is 1. The van der Waals surface area contributed by atoms with Crippen molar-refractivity contribution < 1.29 is 28.7 Å². The standard InChI is InChI=1S/C25H25N3O6S2/c1-33-21(29)11-10-19(24(32)34-2)27-22(30)17-8-6-15(7-9-17)14-26-18-5-3-4-16(12-18)13-20-23(31)28-25(35)36-20/h3-9,12-13,19,26H,10-11,14H2,1-2H3,(H,27,30)(H,28,31,35)/b20-13-/t19-/m0/s1. The number of thioether (sulfide) groups is 1. The molecule has 0 aromatic heterocycles. The van der Waals surface area contributed by atoms with Gasteiger partial charge in [0.1, 0.15) is 10.4 Å². The zero-order valence-corrected chi connectivity index (χ0v) is 21.3. The number of rotatable bonds is 10. The molecular weight excluding hydrogens is 502 g/mol. The van der Waals surface area contributed by atoms with Crippen LogP contribution in [0.2, 0.25) is 0 Å². The van der Waals surface area contributed by atoms with E-state index >= 15 is 0 Å². The maximum Gasteiger partial charge on any atom is 0.328 e. The monoisotopic (exact) mass is 527 g/mol. The molecule has 0 saturated carbocycles. The number of ether oxygens (including phenoxy) is 2. The Morgan fingerprint density at radius 1 is 1.11 bits per heavy atom. The molecule has 9 nitrogen and oxygen atoms in total. The van der Waals surface area contributed by atoms with Crippen molar-refractivity contribution in [3.05, 3.63) is 70.1 Å². The van der Waals surface area contributed by atoms with Gasteiger partial charge in [0, 0.05) is 24.2 Å². The van der Waals surface area contributed by atoms with Gasteiger partial charge in [-0.3, -0.25) is 14.4 Å². The molecule has 3 N–H and O–H groups in total. The minimum absolute atomic E-state index is 0.0288. The van der Waals surface area contributed by atoms with Crippen LogP contribution in [0.1, 0.15) is 34.3 Å². The first-order valence-electron chi connectivity index (χ1n) is 10.9. The van der Waals surface area contributed by atoms with Crippen LogP contribution >= 0.6 is 24.0 Å². The van der Waals surface area contributed by atoms with Gasteiger partial charge in [-0.1, -0.05) is 48.2 Å². The quantitative estimate of drug-likeness (QED) is 0.243. The fourth-order valence-corrected chi connectivity index (χ4v) is 4.33. The van der Waals surface area contributed by atoms with Crippen LogP contribution in [0.15, 0.2) is 53.4 Å². The first-order valence-corrected chi connectivity index (χ1v) is 12.1. The highest BCUT2D eigenvalue weighted by molar-refractivity contribution is 8.26. The molecule has 0 spiro atoms. The van der Waals surface area contributed by atoms with E-state index in [0.29, 0.717) is 21.3 Å². The number of carbonyl (C=O) groups is 4. The maximum atomic E-state index is 12.6. The summed E-state index contributed by atoms with van der Waals surface area (Å²) in [6.07, 6.45) is 1.82. The molecule has 3 rings (SSSR count). The number of hydrogen-bond donors (Lipinski definition) is 3. The number of nitrogens with one attached hydrogen (secondary N) is 3. The van der Waals surface area contributed by atoms with E-state index in [1.165, 1.54) is 26.0 Å². The molecule has 1 saturated heterocycles. The van der Waals surface area contributed by atoms with Crippen LogP contribution < -0.4 is 16.0 Å². The second-order valence-electron chi connectivity index (χ2n) is 7.69. The van der Waals surface area contributed by atoms with E-state index in [1.807, 2.05) is 24.3 Å². The Morgan fingerprint density at radius 3 is 2.50 bits per heavy atom. The molecule has 0 aliphatic carbocycles. The van der Waals surface area contributed by atoms with E-state index in [-0.39, 0.29) is 18.7 Å². The van der Waals surface area contributed by atoms with E-state index in [1.54, 1.807) is 30.3 Å². The van der Waals surface area contributed by atoms with Gasteiger partial charge in [0.25, 0.3) is 11.8 Å². The third-order valence-electron chi connectivity index (χ3n) is 5.20. The summed E-state index contributed by atoms with van der Waals surface area (Å²) in [7, 11) is 2.47. The normalized spacial score (nSPS) is 14.7. The predicted octanol–water partition coefficient (Wildman–Crippen LogP) is 3.01. The van der Waals surface area contributed by atoms with E-state index in [9.17, 15) is 19.2 Å². The highest BCUT2D eigenvalue weighted by Gasteiger charge is 2.23. The van der Waals surface area contributed by atoms with E-state index in [4.69, 9.17) is 17.0 Å².